The third kappa shape index (κ3) is 4.73. The lowest BCUT2D eigenvalue weighted by molar-refractivity contribution is -0.156. The van der Waals surface area contributed by atoms with Gasteiger partial charge in [-0.2, -0.15) is 13.2 Å². The summed E-state index contributed by atoms with van der Waals surface area (Å²) >= 11 is 0. The van der Waals surface area contributed by atoms with Crippen LogP contribution in [-0.2, 0) is 22.7 Å². The molecule has 29 heavy (non-hydrogen) atoms. The van der Waals surface area contributed by atoms with Crippen LogP contribution in [0.25, 0.3) is 11.5 Å². The van der Waals surface area contributed by atoms with Crippen molar-refractivity contribution < 1.29 is 30.4 Å². The zero-order valence-corrected chi connectivity index (χ0v) is 16.1. The quantitative estimate of drug-likeness (QED) is 0.569. The Morgan fingerprint density at radius 3 is 2.38 bits per heavy atom. The van der Waals surface area contributed by atoms with E-state index in [4.69, 9.17) is 0 Å². The Bertz CT molecular complexity index is 1140. The number of hydrogen-bond donors (Lipinski definition) is 0. The Morgan fingerprint density at radius 1 is 1.10 bits per heavy atom. The Hall–Kier alpha value is -2.95. The van der Waals surface area contributed by atoms with Crippen molar-refractivity contribution in [3.05, 3.63) is 65.3 Å². The van der Waals surface area contributed by atoms with Gasteiger partial charge in [-0.05, 0) is 36.8 Å². The van der Waals surface area contributed by atoms with Crippen molar-refractivity contribution >= 4 is 15.7 Å². The van der Waals surface area contributed by atoms with Gasteiger partial charge >= 0.3 is 12.1 Å². The Morgan fingerprint density at radius 2 is 1.83 bits per heavy atom. The molecule has 0 saturated heterocycles. The first kappa shape index (κ1) is 20.8. The largest absolute Gasteiger partial charge is 0.470 e. The van der Waals surface area contributed by atoms with E-state index in [1.54, 1.807) is 31.2 Å². The van der Waals surface area contributed by atoms with Crippen LogP contribution in [0.2, 0.25) is 0 Å². The predicted octanol–water partition coefficient (Wildman–Crippen LogP) is 4.17. The summed E-state index contributed by atoms with van der Waals surface area (Å²) in [6.07, 6.45) is -3.81. The molecule has 0 aliphatic rings. The normalized spacial score (nSPS) is 12.2. The van der Waals surface area contributed by atoms with Crippen LogP contribution < -0.4 is 4.31 Å². The molecular weight excluding hydrogens is 414 g/mol. The molecule has 154 valence electrons. The van der Waals surface area contributed by atoms with Gasteiger partial charge in [0.25, 0.3) is 0 Å². The molecule has 0 aliphatic heterocycles. The molecule has 0 bridgehead atoms. The summed E-state index contributed by atoms with van der Waals surface area (Å²) in [5.41, 5.74) is 1.15. The summed E-state index contributed by atoms with van der Waals surface area (Å²) in [7, 11) is -3.72. The van der Waals surface area contributed by atoms with Gasteiger partial charge in [-0.3, -0.25) is 4.31 Å². The molecule has 0 N–H and O–H groups in total. The smallest absolute Gasteiger partial charge is 0.413 e. The van der Waals surface area contributed by atoms with Crippen LogP contribution in [0.5, 0.6) is 0 Å². The highest BCUT2D eigenvalue weighted by atomic mass is 32.2. The third-order valence-electron chi connectivity index (χ3n) is 3.97. The molecule has 0 spiro atoms. The number of rotatable bonds is 5. The highest BCUT2D eigenvalue weighted by molar-refractivity contribution is 7.92. The SMILES string of the molecule is Cc1cccc(N(Cc2ccc(-c3nnc(C(F)(F)F)o3)cc2F)S(C)(=O)=O)c1. The van der Waals surface area contributed by atoms with Crippen molar-refractivity contribution in [1.82, 2.24) is 10.2 Å². The minimum absolute atomic E-state index is 0.0243. The maximum Gasteiger partial charge on any atom is 0.470 e. The average molecular weight is 429 g/mol. The van der Waals surface area contributed by atoms with E-state index in [9.17, 15) is 26.0 Å². The maximum absolute atomic E-state index is 14.6. The van der Waals surface area contributed by atoms with Crippen molar-refractivity contribution in [1.29, 1.82) is 0 Å². The van der Waals surface area contributed by atoms with Gasteiger partial charge in [-0.1, -0.05) is 18.2 Å². The van der Waals surface area contributed by atoms with Crippen molar-refractivity contribution in [2.75, 3.05) is 10.6 Å². The molecule has 0 fully saturated rings. The second kappa shape index (κ2) is 7.47. The first-order valence-electron chi connectivity index (χ1n) is 8.19. The monoisotopic (exact) mass is 429 g/mol. The number of aryl methyl sites for hydroxylation is 1. The fourth-order valence-electron chi connectivity index (χ4n) is 2.60. The van der Waals surface area contributed by atoms with Gasteiger partial charge in [0.2, 0.25) is 15.9 Å². The van der Waals surface area contributed by atoms with Crippen LogP contribution in [0.15, 0.2) is 46.9 Å². The number of anilines is 1. The van der Waals surface area contributed by atoms with E-state index in [-0.39, 0.29) is 17.7 Å². The van der Waals surface area contributed by atoms with Crippen LogP contribution in [0, 0.1) is 12.7 Å². The van der Waals surface area contributed by atoms with Crippen molar-refractivity contribution in [2.24, 2.45) is 0 Å². The fraction of sp³-hybridized carbons (Fsp3) is 0.222. The Kier molecular flexibility index (Phi) is 5.35. The highest BCUT2D eigenvalue weighted by Crippen LogP contribution is 2.31. The molecule has 11 heteroatoms. The molecule has 3 rings (SSSR count). The standard InChI is InChI=1S/C18H15F4N3O3S/c1-11-4-3-5-14(8-11)25(29(2,26)27)10-13-7-6-12(9-15(13)19)16-23-24-17(28-16)18(20,21)22/h3-9H,10H2,1-2H3. The van der Waals surface area contributed by atoms with Gasteiger partial charge < -0.3 is 4.42 Å². The second-order valence-corrected chi connectivity index (χ2v) is 8.23. The molecule has 1 aromatic heterocycles. The van der Waals surface area contributed by atoms with E-state index in [1.807, 2.05) is 0 Å². The lowest BCUT2D eigenvalue weighted by Gasteiger charge is -2.23. The molecule has 3 aromatic rings. The van der Waals surface area contributed by atoms with E-state index >= 15 is 0 Å². The van der Waals surface area contributed by atoms with Crippen molar-refractivity contribution in [2.45, 2.75) is 19.6 Å². The fourth-order valence-corrected chi connectivity index (χ4v) is 3.47. The predicted molar refractivity (Wildman–Crippen MR) is 96.9 cm³/mol. The molecule has 0 radical (unpaired) electrons. The van der Waals surface area contributed by atoms with Gasteiger partial charge in [0.1, 0.15) is 5.82 Å². The van der Waals surface area contributed by atoms with Crippen LogP contribution in [-0.4, -0.2) is 24.9 Å². The molecule has 2 aromatic carbocycles. The molecule has 0 aliphatic carbocycles. The Balaban J connectivity index is 1.92. The summed E-state index contributed by atoms with van der Waals surface area (Å²) in [5, 5.41) is 6.16. The molecule has 1 heterocycles. The Labute approximate surface area is 163 Å². The number of hydrogen-bond acceptors (Lipinski definition) is 5. The number of alkyl halides is 3. The van der Waals surface area contributed by atoms with E-state index in [0.29, 0.717) is 5.69 Å². The second-order valence-electron chi connectivity index (χ2n) is 6.32. The zero-order valence-electron chi connectivity index (χ0n) is 15.2. The van der Waals surface area contributed by atoms with Gasteiger partial charge in [-0.15, -0.1) is 10.2 Å². The van der Waals surface area contributed by atoms with E-state index < -0.39 is 33.8 Å². The number of nitrogens with zero attached hydrogens (tertiary/aromatic N) is 3. The number of aromatic nitrogens is 2. The molecule has 0 unspecified atom stereocenters. The lowest BCUT2D eigenvalue weighted by atomic mass is 10.1. The number of halogens is 4. The van der Waals surface area contributed by atoms with Gasteiger partial charge in [0, 0.05) is 11.1 Å². The first-order chi connectivity index (χ1) is 13.4. The summed E-state index contributed by atoms with van der Waals surface area (Å²) in [6.45, 7) is 1.49. The topological polar surface area (TPSA) is 76.3 Å². The number of sulfonamides is 1. The van der Waals surface area contributed by atoms with Crippen LogP contribution in [0.4, 0.5) is 23.2 Å². The van der Waals surface area contributed by atoms with E-state index in [1.165, 1.54) is 12.1 Å². The number of benzene rings is 2. The van der Waals surface area contributed by atoms with E-state index in [2.05, 4.69) is 14.6 Å². The summed E-state index contributed by atoms with van der Waals surface area (Å²) in [4.78, 5) is 0. The van der Waals surface area contributed by atoms with Gasteiger partial charge in [-0.25, -0.2) is 12.8 Å². The summed E-state index contributed by atoms with van der Waals surface area (Å²) in [6, 6.07) is 10.1. The van der Waals surface area contributed by atoms with Crippen LogP contribution in [0.1, 0.15) is 17.0 Å². The molecule has 0 saturated carbocycles. The molecular formula is C18H15F4N3O3S. The van der Waals surface area contributed by atoms with Crippen LogP contribution >= 0.6 is 0 Å². The van der Waals surface area contributed by atoms with Gasteiger partial charge in [0.15, 0.2) is 0 Å². The summed E-state index contributed by atoms with van der Waals surface area (Å²) in [5.74, 6) is -2.86. The first-order valence-corrected chi connectivity index (χ1v) is 10.0. The summed E-state index contributed by atoms with van der Waals surface area (Å²) < 4.78 is 82.3. The van der Waals surface area contributed by atoms with Gasteiger partial charge in [0.05, 0.1) is 18.5 Å². The molecule has 0 atom stereocenters. The van der Waals surface area contributed by atoms with Crippen LogP contribution in [0.3, 0.4) is 0 Å². The highest BCUT2D eigenvalue weighted by Gasteiger charge is 2.38. The average Bonchev–Trinajstić information content (AvgIpc) is 3.10. The molecule has 6 nitrogen and oxygen atoms in total. The molecule has 0 amide bonds. The van der Waals surface area contributed by atoms with Crippen molar-refractivity contribution in [3.8, 4) is 11.5 Å². The maximum atomic E-state index is 14.6. The third-order valence-corrected chi connectivity index (χ3v) is 5.11. The van der Waals surface area contributed by atoms with Crippen molar-refractivity contribution in [3.63, 3.8) is 0 Å². The zero-order chi connectivity index (χ0) is 21.4. The lowest BCUT2D eigenvalue weighted by Crippen LogP contribution is -2.29. The van der Waals surface area contributed by atoms with E-state index in [0.717, 1.165) is 22.2 Å². The minimum Gasteiger partial charge on any atom is -0.413 e. The minimum atomic E-state index is -4.81.